The number of para-hydroxylation sites is 1. The van der Waals surface area contributed by atoms with Gasteiger partial charge in [-0.3, -0.25) is 0 Å². The summed E-state index contributed by atoms with van der Waals surface area (Å²) < 4.78 is 16.0. The molecular formula is C23H19BrFN5S. The summed E-state index contributed by atoms with van der Waals surface area (Å²) in [6.07, 6.45) is 1.41. The molecule has 0 radical (unpaired) electrons. The van der Waals surface area contributed by atoms with E-state index >= 15 is 4.39 Å². The van der Waals surface area contributed by atoms with Crippen LogP contribution in [0.15, 0.2) is 59.3 Å². The zero-order valence-corrected chi connectivity index (χ0v) is 19.0. The molecule has 1 saturated heterocycles. The van der Waals surface area contributed by atoms with Gasteiger partial charge in [-0.25, -0.2) is 19.3 Å². The second-order valence-electron chi connectivity index (χ2n) is 7.26. The van der Waals surface area contributed by atoms with Crippen molar-refractivity contribution >= 4 is 50.2 Å². The van der Waals surface area contributed by atoms with Gasteiger partial charge >= 0.3 is 0 Å². The van der Waals surface area contributed by atoms with Crippen molar-refractivity contribution in [2.24, 2.45) is 0 Å². The summed E-state index contributed by atoms with van der Waals surface area (Å²) in [6, 6.07) is 15.1. The lowest BCUT2D eigenvalue weighted by Gasteiger charge is -2.30. The molecule has 5 nitrogen and oxygen atoms in total. The number of aromatic nitrogens is 3. The van der Waals surface area contributed by atoms with Gasteiger partial charge in [0.1, 0.15) is 18.0 Å². The fourth-order valence-corrected chi connectivity index (χ4v) is 5.24. The first-order valence-corrected chi connectivity index (χ1v) is 11.9. The lowest BCUT2D eigenvalue weighted by molar-refractivity contribution is 0.620. The molecule has 1 fully saturated rings. The van der Waals surface area contributed by atoms with Crippen molar-refractivity contribution in [1.82, 2.24) is 15.0 Å². The van der Waals surface area contributed by atoms with Gasteiger partial charge in [-0.1, -0.05) is 40.2 Å². The Morgan fingerprint density at radius 1 is 1.00 bits per heavy atom. The molecule has 0 saturated carbocycles. The molecule has 2 N–H and O–H groups in total. The first kappa shape index (κ1) is 20.2. The molecule has 31 heavy (non-hydrogen) atoms. The highest BCUT2D eigenvalue weighted by Gasteiger charge is 2.22. The van der Waals surface area contributed by atoms with Gasteiger partial charge in [0, 0.05) is 34.6 Å². The molecule has 0 amide bonds. The number of halogens is 2. The third kappa shape index (κ3) is 3.85. The quantitative estimate of drug-likeness (QED) is 0.410. The SMILES string of the molecule is Nc1ncnc2nc(-c3cccc(F)c3N3CCSCC3)cc(-c3cccc(Br)c3)c12. The van der Waals surface area contributed by atoms with Crippen LogP contribution in [0.4, 0.5) is 15.9 Å². The highest BCUT2D eigenvalue weighted by Crippen LogP contribution is 2.38. The van der Waals surface area contributed by atoms with E-state index in [1.807, 2.05) is 48.2 Å². The smallest absolute Gasteiger partial charge is 0.165 e. The summed E-state index contributed by atoms with van der Waals surface area (Å²) >= 11 is 5.43. The Balaban J connectivity index is 1.77. The number of thioether (sulfide) groups is 1. The Labute approximate surface area is 192 Å². The zero-order valence-electron chi connectivity index (χ0n) is 16.6. The largest absolute Gasteiger partial charge is 0.383 e. The lowest BCUT2D eigenvalue weighted by Crippen LogP contribution is -2.33. The van der Waals surface area contributed by atoms with Crippen LogP contribution in [0, 0.1) is 5.82 Å². The van der Waals surface area contributed by atoms with Crippen molar-refractivity contribution < 1.29 is 4.39 Å². The van der Waals surface area contributed by atoms with Crippen LogP contribution < -0.4 is 10.6 Å². The van der Waals surface area contributed by atoms with Gasteiger partial charge in [0.05, 0.1) is 16.8 Å². The lowest BCUT2D eigenvalue weighted by atomic mass is 9.98. The van der Waals surface area contributed by atoms with E-state index in [0.29, 0.717) is 28.2 Å². The third-order valence-electron chi connectivity index (χ3n) is 5.36. The van der Waals surface area contributed by atoms with E-state index in [1.165, 1.54) is 12.4 Å². The van der Waals surface area contributed by atoms with Crippen LogP contribution in [0.1, 0.15) is 0 Å². The molecule has 3 heterocycles. The average Bonchev–Trinajstić information content (AvgIpc) is 2.79. The Bertz CT molecular complexity index is 1280. The minimum absolute atomic E-state index is 0.238. The van der Waals surface area contributed by atoms with E-state index in [-0.39, 0.29) is 5.82 Å². The van der Waals surface area contributed by atoms with E-state index < -0.39 is 0 Å². The molecule has 0 bridgehead atoms. The summed E-state index contributed by atoms with van der Waals surface area (Å²) in [4.78, 5) is 15.4. The second kappa shape index (κ2) is 8.43. The van der Waals surface area contributed by atoms with Crippen molar-refractivity contribution in [3.8, 4) is 22.4 Å². The molecule has 4 aromatic rings. The van der Waals surface area contributed by atoms with Gasteiger partial charge in [0.25, 0.3) is 0 Å². The Hall–Kier alpha value is -2.71. The fourth-order valence-electron chi connectivity index (χ4n) is 3.94. The van der Waals surface area contributed by atoms with Crippen LogP contribution in [0.2, 0.25) is 0 Å². The predicted molar refractivity (Wildman–Crippen MR) is 130 cm³/mol. The molecule has 0 unspecified atom stereocenters. The van der Waals surface area contributed by atoms with Crippen LogP contribution in [0.25, 0.3) is 33.4 Å². The highest BCUT2D eigenvalue weighted by atomic mass is 79.9. The van der Waals surface area contributed by atoms with Crippen LogP contribution in [0.3, 0.4) is 0 Å². The number of nitrogens with two attached hydrogens (primary N) is 1. The average molecular weight is 496 g/mol. The number of nitrogen functional groups attached to an aromatic ring is 1. The Kier molecular flexibility index (Phi) is 5.50. The number of nitrogens with zero attached hydrogens (tertiary/aromatic N) is 4. The molecule has 0 aliphatic carbocycles. The van der Waals surface area contributed by atoms with Gasteiger partial charge in [-0.2, -0.15) is 11.8 Å². The molecule has 5 rings (SSSR count). The van der Waals surface area contributed by atoms with Gasteiger partial charge in [-0.15, -0.1) is 0 Å². The summed E-state index contributed by atoms with van der Waals surface area (Å²) in [6.45, 7) is 1.61. The van der Waals surface area contributed by atoms with E-state index in [9.17, 15) is 0 Å². The maximum atomic E-state index is 15.0. The normalized spacial score (nSPS) is 14.2. The van der Waals surface area contributed by atoms with Crippen molar-refractivity contribution in [2.75, 3.05) is 35.2 Å². The molecule has 2 aromatic heterocycles. The number of hydrogen-bond acceptors (Lipinski definition) is 6. The van der Waals surface area contributed by atoms with Crippen molar-refractivity contribution in [1.29, 1.82) is 0 Å². The van der Waals surface area contributed by atoms with Crippen molar-refractivity contribution in [3.05, 3.63) is 65.1 Å². The number of pyridine rings is 1. The van der Waals surface area contributed by atoms with E-state index in [2.05, 4.69) is 30.8 Å². The maximum Gasteiger partial charge on any atom is 0.165 e. The molecule has 0 spiro atoms. The van der Waals surface area contributed by atoms with Gasteiger partial charge in [-0.05, 0) is 35.4 Å². The van der Waals surface area contributed by atoms with Crippen molar-refractivity contribution in [2.45, 2.75) is 0 Å². The van der Waals surface area contributed by atoms with Crippen LogP contribution in [-0.4, -0.2) is 39.5 Å². The second-order valence-corrected chi connectivity index (χ2v) is 9.40. The summed E-state index contributed by atoms with van der Waals surface area (Å²) in [5, 5.41) is 0.691. The third-order valence-corrected chi connectivity index (χ3v) is 6.79. The summed E-state index contributed by atoms with van der Waals surface area (Å²) in [5.41, 5.74) is 10.5. The van der Waals surface area contributed by atoms with Crippen LogP contribution in [-0.2, 0) is 0 Å². The maximum absolute atomic E-state index is 15.0. The van der Waals surface area contributed by atoms with E-state index in [0.717, 1.165) is 45.8 Å². The van der Waals surface area contributed by atoms with Crippen LogP contribution >= 0.6 is 27.7 Å². The molecule has 1 aliphatic heterocycles. The molecular weight excluding hydrogens is 477 g/mol. The summed E-state index contributed by atoms with van der Waals surface area (Å²) in [5.74, 6) is 2.09. The zero-order chi connectivity index (χ0) is 21.4. The first-order valence-electron chi connectivity index (χ1n) is 9.90. The highest BCUT2D eigenvalue weighted by molar-refractivity contribution is 9.10. The first-order chi connectivity index (χ1) is 15.1. The van der Waals surface area contributed by atoms with Gasteiger partial charge in [0.2, 0.25) is 0 Å². The number of anilines is 2. The van der Waals surface area contributed by atoms with Gasteiger partial charge in [0.15, 0.2) is 5.65 Å². The number of hydrogen-bond donors (Lipinski definition) is 1. The van der Waals surface area contributed by atoms with Crippen molar-refractivity contribution in [3.63, 3.8) is 0 Å². The fraction of sp³-hybridized carbons (Fsp3) is 0.174. The monoisotopic (exact) mass is 495 g/mol. The Morgan fingerprint density at radius 3 is 2.61 bits per heavy atom. The van der Waals surface area contributed by atoms with E-state index in [1.54, 1.807) is 6.07 Å². The van der Waals surface area contributed by atoms with Crippen LogP contribution in [0.5, 0.6) is 0 Å². The number of fused-ring (bicyclic) bond motifs is 1. The molecule has 156 valence electrons. The van der Waals surface area contributed by atoms with Gasteiger partial charge < -0.3 is 10.6 Å². The molecule has 8 heteroatoms. The number of rotatable bonds is 3. The minimum atomic E-state index is -0.238. The number of benzene rings is 2. The minimum Gasteiger partial charge on any atom is -0.383 e. The van der Waals surface area contributed by atoms with E-state index in [4.69, 9.17) is 10.7 Å². The molecule has 0 atom stereocenters. The standard InChI is InChI=1S/C23H19BrFN5S/c24-15-4-1-3-14(11-15)17-12-19(29-23-20(17)22(26)27-13-28-23)16-5-2-6-18(25)21(16)30-7-9-31-10-8-30/h1-6,11-13H,7-10H2,(H2,26,27,28,29). The predicted octanol–water partition coefficient (Wildman–Crippen LogP) is 5.40. The Morgan fingerprint density at radius 2 is 1.81 bits per heavy atom. The molecule has 1 aliphatic rings. The topological polar surface area (TPSA) is 67.9 Å². The summed E-state index contributed by atoms with van der Waals surface area (Å²) in [7, 11) is 0. The molecule has 2 aromatic carbocycles.